The molecule has 1 saturated carbocycles. The van der Waals surface area contributed by atoms with Crippen molar-refractivity contribution in [1.29, 1.82) is 0 Å². The maximum atomic E-state index is 12.0. The van der Waals surface area contributed by atoms with Crippen molar-refractivity contribution in [3.63, 3.8) is 0 Å². The third-order valence-electron chi connectivity index (χ3n) is 3.73. The van der Waals surface area contributed by atoms with Gasteiger partial charge in [0, 0.05) is 12.5 Å². The Balaban J connectivity index is 1.98. The molecule has 1 N–H and O–H groups in total. The van der Waals surface area contributed by atoms with E-state index in [1.807, 2.05) is 0 Å². The fourth-order valence-electron chi connectivity index (χ4n) is 2.75. The van der Waals surface area contributed by atoms with Crippen molar-refractivity contribution in [1.82, 2.24) is 4.90 Å². The number of carboxylic acids is 1. The van der Waals surface area contributed by atoms with Gasteiger partial charge in [0.05, 0.1) is 12.2 Å². The normalized spacial score (nSPS) is 28.4. The van der Waals surface area contributed by atoms with E-state index >= 15 is 0 Å². The minimum atomic E-state index is -0.852. The van der Waals surface area contributed by atoms with Crippen LogP contribution in [0.25, 0.3) is 0 Å². The fraction of sp³-hybridized carbons (Fsp3) is 0.538. The second kappa shape index (κ2) is 4.15. The molecule has 1 aliphatic heterocycles. The van der Waals surface area contributed by atoms with Crippen molar-refractivity contribution in [2.45, 2.75) is 37.8 Å². The standard InChI is InChI=1S/C13H15NO4/c15-11-6-5-9(13(16)17)12(10-2-1-7-18-10)14(11)8-3-4-8/h1-2,7-9,12H,3-6H2,(H,16,17). The quantitative estimate of drug-likeness (QED) is 0.886. The highest BCUT2D eigenvalue weighted by Gasteiger charge is 2.47. The molecule has 1 aromatic heterocycles. The summed E-state index contributed by atoms with van der Waals surface area (Å²) in [5, 5.41) is 9.33. The van der Waals surface area contributed by atoms with Crippen molar-refractivity contribution in [3.05, 3.63) is 24.2 Å². The van der Waals surface area contributed by atoms with E-state index in [1.54, 1.807) is 17.0 Å². The molecule has 1 saturated heterocycles. The number of hydrogen-bond donors (Lipinski definition) is 1. The van der Waals surface area contributed by atoms with E-state index in [2.05, 4.69) is 0 Å². The Bertz CT molecular complexity index is 463. The summed E-state index contributed by atoms with van der Waals surface area (Å²) in [7, 11) is 0. The number of carbonyl (C=O) groups excluding carboxylic acids is 1. The van der Waals surface area contributed by atoms with Gasteiger partial charge >= 0.3 is 5.97 Å². The summed E-state index contributed by atoms with van der Waals surface area (Å²) in [6.07, 6.45) is 4.18. The average molecular weight is 249 g/mol. The van der Waals surface area contributed by atoms with E-state index < -0.39 is 17.9 Å². The van der Waals surface area contributed by atoms with Crippen LogP contribution in [0.4, 0.5) is 0 Å². The van der Waals surface area contributed by atoms with Gasteiger partial charge in [-0.2, -0.15) is 0 Å². The largest absolute Gasteiger partial charge is 0.481 e. The van der Waals surface area contributed by atoms with Gasteiger partial charge < -0.3 is 14.4 Å². The van der Waals surface area contributed by atoms with Crippen LogP contribution in [-0.4, -0.2) is 27.9 Å². The maximum Gasteiger partial charge on any atom is 0.309 e. The number of amides is 1. The molecule has 0 bridgehead atoms. The predicted molar refractivity (Wildman–Crippen MR) is 61.7 cm³/mol. The topological polar surface area (TPSA) is 70.8 Å². The number of carboxylic acid groups (broad SMARTS) is 1. The average Bonchev–Trinajstić information content (AvgIpc) is 3.03. The number of likely N-dealkylation sites (tertiary alicyclic amines) is 1. The van der Waals surface area contributed by atoms with E-state index in [0.717, 1.165) is 12.8 Å². The second-order valence-corrected chi connectivity index (χ2v) is 4.98. The molecule has 1 aromatic rings. The van der Waals surface area contributed by atoms with Crippen LogP contribution in [0.5, 0.6) is 0 Å². The first-order valence-corrected chi connectivity index (χ1v) is 6.26. The van der Waals surface area contributed by atoms with Crippen LogP contribution in [-0.2, 0) is 9.59 Å². The lowest BCUT2D eigenvalue weighted by atomic mass is 9.87. The molecular weight excluding hydrogens is 234 g/mol. The molecule has 2 heterocycles. The highest BCUT2D eigenvalue weighted by atomic mass is 16.4. The minimum Gasteiger partial charge on any atom is -0.481 e. The molecule has 2 aliphatic rings. The Morgan fingerprint density at radius 1 is 1.39 bits per heavy atom. The van der Waals surface area contributed by atoms with Gasteiger partial charge in [0.1, 0.15) is 11.8 Å². The Hall–Kier alpha value is -1.78. The molecule has 18 heavy (non-hydrogen) atoms. The van der Waals surface area contributed by atoms with E-state index in [9.17, 15) is 14.7 Å². The molecule has 0 radical (unpaired) electrons. The lowest BCUT2D eigenvalue weighted by Crippen LogP contribution is -2.46. The zero-order valence-corrected chi connectivity index (χ0v) is 9.91. The molecule has 0 spiro atoms. The first-order valence-electron chi connectivity index (χ1n) is 6.26. The smallest absolute Gasteiger partial charge is 0.309 e. The third-order valence-corrected chi connectivity index (χ3v) is 3.73. The molecule has 2 fully saturated rings. The van der Waals surface area contributed by atoms with Gasteiger partial charge in [-0.15, -0.1) is 0 Å². The zero-order valence-electron chi connectivity index (χ0n) is 9.91. The van der Waals surface area contributed by atoms with Gasteiger partial charge in [0.2, 0.25) is 5.91 Å². The number of piperidine rings is 1. The van der Waals surface area contributed by atoms with Crippen LogP contribution in [0.15, 0.2) is 22.8 Å². The molecule has 96 valence electrons. The lowest BCUT2D eigenvalue weighted by Gasteiger charge is -2.38. The van der Waals surface area contributed by atoms with Crippen molar-refractivity contribution < 1.29 is 19.1 Å². The van der Waals surface area contributed by atoms with Crippen LogP contribution in [0, 0.1) is 5.92 Å². The monoisotopic (exact) mass is 249 g/mol. The number of hydrogen-bond acceptors (Lipinski definition) is 3. The second-order valence-electron chi connectivity index (χ2n) is 4.98. The SMILES string of the molecule is O=C(O)C1CCC(=O)N(C2CC2)C1c1ccco1. The van der Waals surface area contributed by atoms with Gasteiger partial charge in [-0.1, -0.05) is 0 Å². The molecule has 2 atom stereocenters. The summed E-state index contributed by atoms with van der Waals surface area (Å²) in [6, 6.07) is 3.26. The first-order chi connectivity index (χ1) is 8.68. The summed E-state index contributed by atoms with van der Waals surface area (Å²) in [4.78, 5) is 25.2. The third kappa shape index (κ3) is 1.79. The van der Waals surface area contributed by atoms with Crippen molar-refractivity contribution in [2.24, 2.45) is 5.92 Å². The summed E-state index contributed by atoms with van der Waals surface area (Å²) < 4.78 is 5.35. The molecule has 0 aromatic carbocycles. The summed E-state index contributed by atoms with van der Waals surface area (Å²) in [5.41, 5.74) is 0. The van der Waals surface area contributed by atoms with Crippen LogP contribution in [0.1, 0.15) is 37.5 Å². The molecule has 5 nitrogen and oxygen atoms in total. The summed E-state index contributed by atoms with van der Waals surface area (Å²) >= 11 is 0. The lowest BCUT2D eigenvalue weighted by molar-refractivity contribution is -0.153. The van der Waals surface area contributed by atoms with Gasteiger partial charge in [0.25, 0.3) is 0 Å². The molecule has 2 unspecified atom stereocenters. The maximum absolute atomic E-state index is 12.0. The van der Waals surface area contributed by atoms with Crippen LogP contribution in [0.2, 0.25) is 0 Å². The highest BCUT2D eigenvalue weighted by Crippen LogP contribution is 2.43. The van der Waals surface area contributed by atoms with Gasteiger partial charge in [-0.05, 0) is 31.4 Å². The molecule has 1 amide bonds. The Labute approximate surface area is 104 Å². The van der Waals surface area contributed by atoms with E-state index in [-0.39, 0.29) is 11.9 Å². The number of furan rings is 1. The van der Waals surface area contributed by atoms with Crippen LogP contribution >= 0.6 is 0 Å². The summed E-state index contributed by atoms with van der Waals surface area (Å²) in [5.74, 6) is -0.775. The molecule has 3 rings (SSSR count). The van der Waals surface area contributed by atoms with E-state index in [4.69, 9.17) is 4.42 Å². The fourth-order valence-corrected chi connectivity index (χ4v) is 2.75. The number of carbonyl (C=O) groups is 2. The number of aliphatic carboxylic acids is 1. The van der Waals surface area contributed by atoms with E-state index in [1.165, 1.54) is 6.26 Å². The zero-order chi connectivity index (χ0) is 12.7. The summed E-state index contributed by atoms with van der Waals surface area (Å²) in [6.45, 7) is 0. The Morgan fingerprint density at radius 2 is 2.17 bits per heavy atom. The minimum absolute atomic E-state index is 0.0522. The highest BCUT2D eigenvalue weighted by molar-refractivity contribution is 5.82. The predicted octanol–water partition coefficient (Wildman–Crippen LogP) is 1.81. The van der Waals surface area contributed by atoms with Gasteiger partial charge in [-0.3, -0.25) is 9.59 Å². The Morgan fingerprint density at radius 3 is 2.72 bits per heavy atom. The molecular formula is C13H15NO4. The van der Waals surface area contributed by atoms with Crippen molar-refractivity contribution in [2.75, 3.05) is 0 Å². The number of rotatable bonds is 3. The van der Waals surface area contributed by atoms with Crippen molar-refractivity contribution in [3.8, 4) is 0 Å². The van der Waals surface area contributed by atoms with Crippen LogP contribution in [0.3, 0.4) is 0 Å². The van der Waals surface area contributed by atoms with Gasteiger partial charge in [-0.25, -0.2) is 0 Å². The molecule has 5 heteroatoms. The first kappa shape index (κ1) is 11.3. The van der Waals surface area contributed by atoms with Gasteiger partial charge in [0.15, 0.2) is 0 Å². The Kier molecular flexibility index (Phi) is 2.61. The molecule has 1 aliphatic carbocycles. The van der Waals surface area contributed by atoms with E-state index in [0.29, 0.717) is 18.6 Å². The van der Waals surface area contributed by atoms with Crippen LogP contribution < -0.4 is 0 Å². The van der Waals surface area contributed by atoms with Crippen molar-refractivity contribution >= 4 is 11.9 Å². The number of nitrogens with zero attached hydrogens (tertiary/aromatic N) is 1.